The number of carbonyl (C=O) groups excluding carboxylic acids is 2. The highest BCUT2D eigenvalue weighted by atomic mass is 32.2. The molecule has 0 N–H and O–H groups in total. The zero-order valence-electron chi connectivity index (χ0n) is 16.3. The van der Waals surface area contributed by atoms with Crippen LogP contribution in [0.2, 0.25) is 0 Å². The van der Waals surface area contributed by atoms with E-state index in [2.05, 4.69) is 0 Å². The minimum atomic E-state index is -3.81. The van der Waals surface area contributed by atoms with E-state index < -0.39 is 16.0 Å². The van der Waals surface area contributed by atoms with Crippen LogP contribution < -0.4 is 0 Å². The summed E-state index contributed by atoms with van der Waals surface area (Å²) < 4.78 is 31.9. The largest absolute Gasteiger partial charge is 0.456 e. The van der Waals surface area contributed by atoms with Gasteiger partial charge in [0.1, 0.15) is 6.07 Å². The first-order valence-corrected chi connectivity index (χ1v) is 10.4. The van der Waals surface area contributed by atoms with E-state index in [0.29, 0.717) is 0 Å². The standard InChI is InChI=1S/C19H25N3O5S/c1-19(2,3)12-18(24)27-14-17(23)21-8-10-22(11-9-21)28(25,26)16-7-5-4-6-15(16)13-20/h4-7H,8-12,14H2,1-3H3. The first-order chi connectivity index (χ1) is 13.0. The van der Waals surface area contributed by atoms with Crippen LogP contribution in [-0.2, 0) is 24.3 Å². The Kier molecular flexibility index (Phi) is 6.80. The number of hydrogen-bond acceptors (Lipinski definition) is 6. The molecule has 0 bridgehead atoms. The van der Waals surface area contributed by atoms with Gasteiger partial charge in [-0.2, -0.15) is 9.57 Å². The molecule has 0 unspecified atom stereocenters. The molecule has 1 amide bonds. The first kappa shape index (κ1) is 21.9. The molecule has 1 aliphatic heterocycles. The van der Waals surface area contributed by atoms with Crippen molar-refractivity contribution in [2.45, 2.75) is 32.1 Å². The third kappa shape index (κ3) is 5.53. The molecule has 1 aliphatic rings. The van der Waals surface area contributed by atoms with E-state index in [9.17, 15) is 18.0 Å². The van der Waals surface area contributed by atoms with E-state index >= 15 is 0 Å². The van der Waals surface area contributed by atoms with Crippen molar-refractivity contribution in [1.29, 1.82) is 5.26 Å². The summed E-state index contributed by atoms with van der Waals surface area (Å²) in [4.78, 5) is 25.4. The smallest absolute Gasteiger partial charge is 0.306 e. The van der Waals surface area contributed by atoms with Gasteiger partial charge < -0.3 is 9.64 Å². The Labute approximate surface area is 165 Å². The molecule has 0 atom stereocenters. The summed E-state index contributed by atoms with van der Waals surface area (Å²) in [6, 6.07) is 7.93. The molecule has 1 heterocycles. The number of amides is 1. The molecule has 152 valence electrons. The predicted molar refractivity (Wildman–Crippen MR) is 102 cm³/mol. The number of esters is 1. The predicted octanol–water partition coefficient (Wildman–Crippen LogP) is 1.37. The maximum atomic E-state index is 12.8. The molecular weight excluding hydrogens is 382 g/mol. The minimum Gasteiger partial charge on any atom is -0.456 e. The fourth-order valence-corrected chi connectivity index (χ4v) is 4.38. The zero-order chi connectivity index (χ0) is 20.9. The lowest BCUT2D eigenvalue weighted by Crippen LogP contribution is -2.51. The van der Waals surface area contributed by atoms with Crippen molar-refractivity contribution in [3.05, 3.63) is 29.8 Å². The van der Waals surface area contributed by atoms with E-state index in [4.69, 9.17) is 10.00 Å². The van der Waals surface area contributed by atoms with Crippen LogP contribution in [0.15, 0.2) is 29.2 Å². The van der Waals surface area contributed by atoms with E-state index in [-0.39, 0.29) is 61.0 Å². The van der Waals surface area contributed by atoms with E-state index in [1.165, 1.54) is 21.3 Å². The Bertz CT molecular complexity index is 876. The SMILES string of the molecule is CC(C)(C)CC(=O)OCC(=O)N1CCN(S(=O)(=O)c2ccccc2C#N)CC1. The average molecular weight is 407 g/mol. The molecule has 8 nitrogen and oxygen atoms in total. The maximum Gasteiger partial charge on any atom is 0.306 e. The fraction of sp³-hybridized carbons (Fsp3) is 0.526. The molecule has 9 heteroatoms. The first-order valence-electron chi connectivity index (χ1n) is 8.97. The number of piperazine rings is 1. The van der Waals surface area contributed by atoms with Gasteiger partial charge in [-0.25, -0.2) is 8.42 Å². The average Bonchev–Trinajstić information content (AvgIpc) is 2.64. The molecule has 0 radical (unpaired) electrons. The second-order valence-electron chi connectivity index (χ2n) is 7.79. The zero-order valence-corrected chi connectivity index (χ0v) is 17.2. The lowest BCUT2D eigenvalue weighted by molar-refractivity contribution is -0.154. The molecule has 1 aromatic rings. The highest BCUT2D eigenvalue weighted by Gasteiger charge is 2.31. The van der Waals surface area contributed by atoms with Crippen LogP contribution in [0, 0.1) is 16.7 Å². The summed E-state index contributed by atoms with van der Waals surface area (Å²) in [6.45, 7) is 5.99. The van der Waals surface area contributed by atoms with Crippen molar-refractivity contribution in [3.8, 4) is 6.07 Å². The summed E-state index contributed by atoms with van der Waals surface area (Å²) in [7, 11) is -3.81. The van der Waals surface area contributed by atoms with Crippen LogP contribution >= 0.6 is 0 Å². The van der Waals surface area contributed by atoms with Gasteiger partial charge in [0.15, 0.2) is 6.61 Å². The van der Waals surface area contributed by atoms with Crippen molar-refractivity contribution in [2.24, 2.45) is 5.41 Å². The lowest BCUT2D eigenvalue weighted by atomic mass is 9.92. The highest BCUT2D eigenvalue weighted by Crippen LogP contribution is 2.21. The summed E-state index contributed by atoms with van der Waals surface area (Å²) in [5.74, 6) is -0.785. The quantitative estimate of drug-likeness (QED) is 0.682. The molecule has 0 saturated carbocycles. The fourth-order valence-electron chi connectivity index (χ4n) is 2.82. The van der Waals surface area contributed by atoms with Gasteiger partial charge in [0.05, 0.1) is 16.9 Å². The Morgan fingerprint density at radius 2 is 1.75 bits per heavy atom. The summed E-state index contributed by atoms with van der Waals surface area (Å²) in [5.41, 5.74) is -0.133. The van der Waals surface area contributed by atoms with E-state index in [0.717, 1.165) is 0 Å². The van der Waals surface area contributed by atoms with E-state index in [1.807, 2.05) is 26.8 Å². The van der Waals surface area contributed by atoms with Crippen molar-refractivity contribution in [1.82, 2.24) is 9.21 Å². The van der Waals surface area contributed by atoms with Crippen LogP contribution in [-0.4, -0.2) is 62.3 Å². The number of nitriles is 1. The van der Waals surface area contributed by atoms with Crippen LogP contribution in [0.4, 0.5) is 0 Å². The maximum absolute atomic E-state index is 12.8. The molecule has 28 heavy (non-hydrogen) atoms. The Morgan fingerprint density at radius 3 is 2.32 bits per heavy atom. The molecule has 2 rings (SSSR count). The molecule has 1 aromatic carbocycles. The van der Waals surface area contributed by atoms with Crippen LogP contribution in [0.1, 0.15) is 32.8 Å². The van der Waals surface area contributed by atoms with Crippen molar-refractivity contribution in [2.75, 3.05) is 32.8 Å². The normalized spacial score (nSPS) is 15.7. The van der Waals surface area contributed by atoms with Gasteiger partial charge in [0.25, 0.3) is 5.91 Å². The van der Waals surface area contributed by atoms with Gasteiger partial charge >= 0.3 is 5.97 Å². The Hall–Kier alpha value is -2.44. The minimum absolute atomic E-state index is 0.0339. The summed E-state index contributed by atoms with van der Waals surface area (Å²) in [5, 5.41) is 9.14. The molecule has 1 saturated heterocycles. The third-order valence-electron chi connectivity index (χ3n) is 4.25. The molecule has 1 fully saturated rings. The van der Waals surface area contributed by atoms with Crippen molar-refractivity contribution >= 4 is 21.9 Å². The molecule has 0 aliphatic carbocycles. The van der Waals surface area contributed by atoms with Crippen LogP contribution in [0.3, 0.4) is 0 Å². The molecule has 0 aromatic heterocycles. The van der Waals surface area contributed by atoms with Gasteiger partial charge in [-0.05, 0) is 17.5 Å². The number of carbonyl (C=O) groups is 2. The monoisotopic (exact) mass is 407 g/mol. The lowest BCUT2D eigenvalue weighted by Gasteiger charge is -2.34. The second-order valence-corrected chi connectivity index (χ2v) is 9.70. The van der Waals surface area contributed by atoms with Gasteiger partial charge in [0, 0.05) is 26.2 Å². The van der Waals surface area contributed by atoms with E-state index in [1.54, 1.807) is 12.1 Å². The van der Waals surface area contributed by atoms with Crippen molar-refractivity contribution < 1.29 is 22.7 Å². The number of sulfonamides is 1. The van der Waals surface area contributed by atoms with Crippen molar-refractivity contribution in [3.63, 3.8) is 0 Å². The van der Waals surface area contributed by atoms with Gasteiger partial charge in [-0.15, -0.1) is 0 Å². The van der Waals surface area contributed by atoms with Gasteiger partial charge in [0.2, 0.25) is 10.0 Å². The molecule has 0 spiro atoms. The number of rotatable bonds is 5. The Morgan fingerprint density at radius 1 is 1.14 bits per heavy atom. The number of nitrogens with zero attached hydrogens (tertiary/aromatic N) is 3. The van der Waals surface area contributed by atoms with Crippen LogP contribution in [0.25, 0.3) is 0 Å². The topological polar surface area (TPSA) is 108 Å². The number of ether oxygens (including phenoxy) is 1. The number of benzene rings is 1. The number of hydrogen-bond donors (Lipinski definition) is 0. The van der Waals surface area contributed by atoms with Gasteiger partial charge in [-0.1, -0.05) is 32.9 Å². The summed E-state index contributed by atoms with van der Waals surface area (Å²) >= 11 is 0. The Balaban J connectivity index is 1.93. The summed E-state index contributed by atoms with van der Waals surface area (Å²) in [6.07, 6.45) is 0.213. The molecular formula is C19H25N3O5S. The highest BCUT2D eigenvalue weighted by molar-refractivity contribution is 7.89. The second kappa shape index (κ2) is 8.71. The third-order valence-corrected chi connectivity index (χ3v) is 6.20. The van der Waals surface area contributed by atoms with Crippen LogP contribution in [0.5, 0.6) is 0 Å². The van der Waals surface area contributed by atoms with Gasteiger partial charge in [-0.3, -0.25) is 9.59 Å².